The van der Waals surface area contributed by atoms with Crippen LogP contribution in [0.25, 0.3) is 16.8 Å². The van der Waals surface area contributed by atoms with E-state index in [0.29, 0.717) is 6.71 Å². The molecule has 1 aliphatic rings. The highest BCUT2D eigenvalue weighted by molar-refractivity contribution is 6.80. The van der Waals surface area contributed by atoms with Gasteiger partial charge in [-0.2, -0.15) is 0 Å². The summed E-state index contributed by atoms with van der Waals surface area (Å²) in [5.74, 6) is 2.27. The Morgan fingerprint density at radius 1 is 1.00 bits per heavy atom. The lowest BCUT2D eigenvalue weighted by molar-refractivity contribution is 1.76. The van der Waals surface area contributed by atoms with Crippen LogP contribution in [0.1, 0.15) is 5.56 Å². The van der Waals surface area contributed by atoms with E-state index in [4.69, 9.17) is 0 Å². The molecule has 0 unspecified atom stereocenters. The lowest BCUT2D eigenvalue weighted by Crippen LogP contribution is -2.22. The Labute approximate surface area is 84.3 Å². The van der Waals surface area contributed by atoms with Crippen molar-refractivity contribution < 1.29 is 0 Å². The number of hydrogen-bond acceptors (Lipinski definition) is 0. The molecule has 0 nitrogen and oxygen atoms in total. The third kappa shape index (κ3) is 0.956. The van der Waals surface area contributed by atoms with E-state index in [1.807, 2.05) is 0 Å². The summed E-state index contributed by atoms with van der Waals surface area (Å²) in [6, 6.07) is 13.1. The predicted molar refractivity (Wildman–Crippen MR) is 64.2 cm³/mol. The first-order valence-corrected chi connectivity index (χ1v) is 5.06. The van der Waals surface area contributed by atoms with Gasteiger partial charge in [0.25, 0.3) is 0 Å². The van der Waals surface area contributed by atoms with Gasteiger partial charge in [0.05, 0.1) is 0 Å². The Morgan fingerprint density at radius 2 is 1.86 bits per heavy atom. The van der Waals surface area contributed by atoms with Gasteiger partial charge in [0.15, 0.2) is 6.71 Å². The fraction of sp³-hybridized carbons (Fsp3) is 0.0769. The van der Waals surface area contributed by atoms with Crippen LogP contribution >= 0.6 is 0 Å². The van der Waals surface area contributed by atoms with Crippen LogP contribution < -0.4 is 5.46 Å². The maximum absolute atomic E-state index is 2.27. The number of fused-ring (bicyclic) bond motifs is 3. The maximum atomic E-state index is 2.27. The van der Waals surface area contributed by atoms with Crippen LogP contribution in [0.3, 0.4) is 0 Å². The minimum Gasteiger partial charge on any atom is -0.110 e. The highest BCUT2D eigenvalue weighted by Gasteiger charge is 2.17. The molecular weight excluding hydrogens is 167 g/mol. The quantitative estimate of drug-likeness (QED) is 0.544. The van der Waals surface area contributed by atoms with Gasteiger partial charge in [-0.3, -0.25) is 0 Å². The molecule has 0 saturated carbocycles. The highest BCUT2D eigenvalue weighted by atomic mass is 14.1. The van der Waals surface area contributed by atoms with Crippen molar-refractivity contribution in [1.82, 2.24) is 0 Å². The lowest BCUT2D eigenvalue weighted by Gasteiger charge is -2.06. The monoisotopic (exact) mass is 178 g/mol. The Kier molecular flexibility index (Phi) is 1.54. The first kappa shape index (κ1) is 7.87. The van der Waals surface area contributed by atoms with Crippen molar-refractivity contribution in [2.45, 2.75) is 6.82 Å². The average Bonchev–Trinajstić information content (AvgIpc) is 2.61. The Hall–Kier alpha value is -1.50. The van der Waals surface area contributed by atoms with Gasteiger partial charge in [-0.05, 0) is 16.3 Å². The van der Waals surface area contributed by atoms with Gasteiger partial charge in [0, 0.05) is 0 Å². The topological polar surface area (TPSA) is 0 Å². The van der Waals surface area contributed by atoms with Crippen LogP contribution in [0.2, 0.25) is 6.82 Å². The van der Waals surface area contributed by atoms with Crippen molar-refractivity contribution in [3.63, 3.8) is 0 Å². The smallest absolute Gasteiger partial charge is 0.110 e. The van der Waals surface area contributed by atoms with Crippen LogP contribution in [0.15, 0.2) is 42.4 Å². The molecule has 14 heavy (non-hydrogen) atoms. The molecule has 1 heterocycles. The molecule has 1 aliphatic heterocycles. The summed E-state index contributed by atoms with van der Waals surface area (Å²) in [6.45, 7) is 2.83. The molecule has 3 rings (SSSR count). The van der Waals surface area contributed by atoms with Gasteiger partial charge in [0.2, 0.25) is 0 Å². The molecule has 2 aromatic rings. The second-order valence-electron chi connectivity index (χ2n) is 3.94. The second-order valence-corrected chi connectivity index (χ2v) is 3.94. The van der Waals surface area contributed by atoms with E-state index in [0.717, 1.165) is 0 Å². The van der Waals surface area contributed by atoms with E-state index in [2.05, 4.69) is 55.3 Å². The Balaban J connectivity index is 2.43. The molecule has 2 aromatic carbocycles. The van der Waals surface area contributed by atoms with Crippen molar-refractivity contribution in [1.29, 1.82) is 0 Å². The average molecular weight is 178 g/mol. The second kappa shape index (κ2) is 2.75. The fourth-order valence-corrected chi connectivity index (χ4v) is 2.24. The first-order valence-electron chi connectivity index (χ1n) is 5.06. The zero-order valence-electron chi connectivity index (χ0n) is 8.20. The van der Waals surface area contributed by atoms with E-state index in [1.165, 1.54) is 21.8 Å². The van der Waals surface area contributed by atoms with Gasteiger partial charge in [-0.15, -0.1) is 5.98 Å². The van der Waals surface area contributed by atoms with Crippen molar-refractivity contribution in [3.8, 4) is 0 Å². The van der Waals surface area contributed by atoms with Gasteiger partial charge >= 0.3 is 0 Å². The zero-order chi connectivity index (χ0) is 9.54. The largest absolute Gasteiger partial charge is 0.198 e. The lowest BCUT2D eigenvalue weighted by atomic mass is 9.49. The van der Waals surface area contributed by atoms with E-state index in [-0.39, 0.29) is 0 Å². The summed E-state index contributed by atoms with van der Waals surface area (Å²) in [6.07, 6.45) is 2.25. The summed E-state index contributed by atoms with van der Waals surface area (Å²) in [5, 5.41) is 2.72. The minimum absolute atomic E-state index is 0.578. The third-order valence-corrected chi connectivity index (χ3v) is 3.05. The molecule has 0 atom stereocenters. The molecular formula is C13H11B. The zero-order valence-corrected chi connectivity index (χ0v) is 8.20. The van der Waals surface area contributed by atoms with E-state index in [9.17, 15) is 0 Å². The van der Waals surface area contributed by atoms with Crippen LogP contribution in [0, 0.1) is 0 Å². The number of rotatable bonds is 0. The van der Waals surface area contributed by atoms with Crippen LogP contribution in [-0.4, -0.2) is 6.71 Å². The molecule has 1 heteroatoms. The summed E-state index contributed by atoms with van der Waals surface area (Å²) in [5.41, 5.74) is 2.87. The molecule has 0 fully saturated rings. The normalized spacial score (nSPS) is 13.6. The van der Waals surface area contributed by atoms with E-state index >= 15 is 0 Å². The number of benzene rings is 2. The Morgan fingerprint density at radius 3 is 2.79 bits per heavy atom. The molecule has 66 valence electrons. The van der Waals surface area contributed by atoms with Crippen LogP contribution in [0.5, 0.6) is 0 Å². The molecule has 0 saturated heterocycles. The van der Waals surface area contributed by atoms with Gasteiger partial charge < -0.3 is 0 Å². The molecule has 0 aliphatic carbocycles. The standard InChI is InChI=1S/C13H11B/c1-14-9-8-12-11-5-3-2-4-10(11)6-7-13(12)14/h2-9H,1H3. The molecule has 0 radical (unpaired) electrons. The third-order valence-electron chi connectivity index (χ3n) is 3.05. The Bertz CT molecular complexity index is 526. The van der Waals surface area contributed by atoms with Crippen molar-refractivity contribution in [3.05, 3.63) is 47.9 Å². The van der Waals surface area contributed by atoms with E-state index in [1.54, 1.807) is 0 Å². The minimum atomic E-state index is 0.578. The van der Waals surface area contributed by atoms with Crippen molar-refractivity contribution in [2.24, 2.45) is 0 Å². The summed E-state index contributed by atoms with van der Waals surface area (Å²) in [7, 11) is 0. The van der Waals surface area contributed by atoms with Gasteiger partial charge in [-0.1, -0.05) is 54.8 Å². The molecule has 0 aromatic heterocycles. The van der Waals surface area contributed by atoms with Gasteiger partial charge in [0.1, 0.15) is 0 Å². The van der Waals surface area contributed by atoms with Crippen molar-refractivity contribution >= 4 is 29.0 Å². The van der Waals surface area contributed by atoms with Crippen LogP contribution in [-0.2, 0) is 0 Å². The maximum Gasteiger partial charge on any atom is 0.198 e. The highest BCUT2D eigenvalue weighted by Crippen LogP contribution is 2.22. The van der Waals surface area contributed by atoms with Crippen molar-refractivity contribution in [2.75, 3.05) is 0 Å². The molecule has 0 N–H and O–H groups in total. The number of hydrogen-bond donors (Lipinski definition) is 0. The van der Waals surface area contributed by atoms with E-state index < -0.39 is 0 Å². The van der Waals surface area contributed by atoms with Crippen LogP contribution in [0.4, 0.5) is 0 Å². The summed E-state index contributed by atoms with van der Waals surface area (Å²) >= 11 is 0. The van der Waals surface area contributed by atoms with Gasteiger partial charge in [-0.25, -0.2) is 0 Å². The summed E-state index contributed by atoms with van der Waals surface area (Å²) in [4.78, 5) is 0. The SMILES string of the molecule is CB1C=Cc2c1ccc1ccccc21. The molecule has 0 amide bonds. The predicted octanol–water partition coefficient (Wildman–Crippen LogP) is 2.74. The summed E-state index contributed by atoms with van der Waals surface area (Å²) < 4.78 is 0. The molecule has 0 bridgehead atoms. The fourth-order valence-electron chi connectivity index (χ4n) is 2.24. The molecule has 0 spiro atoms. The first-order chi connectivity index (χ1) is 6.86.